The predicted molar refractivity (Wildman–Crippen MR) is 97.8 cm³/mol. The first-order chi connectivity index (χ1) is 12.2. The number of ketones is 1. The fourth-order valence-electron chi connectivity index (χ4n) is 3.00. The van der Waals surface area contributed by atoms with Crippen molar-refractivity contribution in [2.75, 3.05) is 6.61 Å². The van der Waals surface area contributed by atoms with E-state index in [0.29, 0.717) is 5.56 Å². The number of ether oxygens (including phenoxy) is 1. The molecule has 0 amide bonds. The van der Waals surface area contributed by atoms with E-state index >= 15 is 0 Å². The van der Waals surface area contributed by atoms with Crippen LogP contribution in [0.2, 0.25) is 0 Å². The van der Waals surface area contributed by atoms with Crippen molar-refractivity contribution in [1.29, 1.82) is 0 Å². The molecule has 26 heavy (non-hydrogen) atoms. The molecule has 2 aromatic carbocycles. The van der Waals surface area contributed by atoms with Gasteiger partial charge in [0.05, 0.1) is 4.92 Å². The van der Waals surface area contributed by atoms with Crippen molar-refractivity contribution in [2.45, 2.75) is 34.6 Å². The van der Waals surface area contributed by atoms with Gasteiger partial charge in [-0.25, -0.2) is 4.79 Å². The van der Waals surface area contributed by atoms with Crippen LogP contribution in [0.3, 0.4) is 0 Å². The molecular formula is C20H21NO5. The molecule has 0 aliphatic rings. The molecule has 6 nitrogen and oxygen atoms in total. The van der Waals surface area contributed by atoms with Gasteiger partial charge in [-0.05, 0) is 68.5 Å². The molecule has 2 rings (SSSR count). The Labute approximate surface area is 151 Å². The number of hydrogen-bond acceptors (Lipinski definition) is 5. The van der Waals surface area contributed by atoms with Gasteiger partial charge < -0.3 is 4.74 Å². The number of para-hydroxylation sites is 1. The molecule has 0 heterocycles. The van der Waals surface area contributed by atoms with Gasteiger partial charge in [0.1, 0.15) is 5.56 Å². The molecule has 0 radical (unpaired) electrons. The second kappa shape index (κ2) is 7.47. The van der Waals surface area contributed by atoms with Crippen molar-refractivity contribution in [3.63, 3.8) is 0 Å². The number of nitro benzene ring substituents is 1. The Bertz CT molecular complexity index is 886. The van der Waals surface area contributed by atoms with E-state index in [2.05, 4.69) is 0 Å². The number of carbonyl (C=O) groups excluding carboxylic acids is 2. The molecule has 0 unspecified atom stereocenters. The third kappa shape index (κ3) is 3.49. The molecular weight excluding hydrogens is 334 g/mol. The van der Waals surface area contributed by atoms with Gasteiger partial charge in [-0.15, -0.1) is 0 Å². The van der Waals surface area contributed by atoms with Crippen LogP contribution < -0.4 is 0 Å². The van der Waals surface area contributed by atoms with Crippen LogP contribution in [0.4, 0.5) is 5.69 Å². The van der Waals surface area contributed by atoms with Gasteiger partial charge >= 0.3 is 5.97 Å². The Balaban J connectivity index is 2.26. The minimum atomic E-state index is -0.887. The van der Waals surface area contributed by atoms with Crippen molar-refractivity contribution < 1.29 is 19.2 Å². The SMILES string of the molecule is Cc1c(C)c(C)c(C(=O)COC(=O)c2ccccc2[N+](=O)[O-])c(C)c1C. The zero-order chi connectivity index (χ0) is 19.6. The van der Waals surface area contributed by atoms with Crippen LogP contribution in [-0.4, -0.2) is 23.3 Å². The summed E-state index contributed by atoms with van der Waals surface area (Å²) in [4.78, 5) is 35.2. The highest BCUT2D eigenvalue weighted by atomic mass is 16.6. The van der Waals surface area contributed by atoms with Gasteiger partial charge in [-0.1, -0.05) is 12.1 Å². The molecule has 0 bridgehead atoms. The molecule has 0 saturated heterocycles. The highest BCUT2D eigenvalue weighted by molar-refractivity contribution is 6.02. The van der Waals surface area contributed by atoms with E-state index in [1.54, 1.807) is 0 Å². The Kier molecular flexibility index (Phi) is 5.55. The summed E-state index contributed by atoms with van der Waals surface area (Å²) in [7, 11) is 0. The quantitative estimate of drug-likeness (QED) is 0.348. The van der Waals surface area contributed by atoms with Crippen LogP contribution in [0, 0.1) is 44.7 Å². The fraction of sp³-hybridized carbons (Fsp3) is 0.300. The summed E-state index contributed by atoms with van der Waals surface area (Å²) in [5.74, 6) is -1.21. The second-order valence-electron chi connectivity index (χ2n) is 6.27. The average molecular weight is 355 g/mol. The monoisotopic (exact) mass is 355 g/mol. The van der Waals surface area contributed by atoms with Crippen LogP contribution in [-0.2, 0) is 4.74 Å². The minimum absolute atomic E-state index is 0.171. The van der Waals surface area contributed by atoms with Crippen LogP contribution in [0.25, 0.3) is 0 Å². The number of hydrogen-bond donors (Lipinski definition) is 0. The number of carbonyl (C=O) groups is 2. The molecule has 0 saturated carbocycles. The smallest absolute Gasteiger partial charge is 0.345 e. The van der Waals surface area contributed by atoms with Gasteiger partial charge in [-0.3, -0.25) is 14.9 Å². The molecule has 0 aliphatic carbocycles. The van der Waals surface area contributed by atoms with E-state index in [1.807, 2.05) is 34.6 Å². The summed E-state index contributed by atoms with van der Waals surface area (Å²) in [5, 5.41) is 11.0. The van der Waals surface area contributed by atoms with Gasteiger partial charge in [0.25, 0.3) is 5.69 Å². The minimum Gasteiger partial charge on any atom is -0.454 e. The third-order valence-corrected chi connectivity index (χ3v) is 4.93. The lowest BCUT2D eigenvalue weighted by molar-refractivity contribution is -0.385. The normalized spacial score (nSPS) is 10.5. The molecule has 2 aromatic rings. The first-order valence-electron chi connectivity index (χ1n) is 8.17. The van der Waals surface area contributed by atoms with Crippen molar-refractivity contribution in [3.05, 3.63) is 73.3 Å². The van der Waals surface area contributed by atoms with Crippen LogP contribution in [0.15, 0.2) is 24.3 Å². The zero-order valence-electron chi connectivity index (χ0n) is 15.5. The lowest BCUT2D eigenvalue weighted by Gasteiger charge is -2.17. The van der Waals surface area contributed by atoms with E-state index < -0.39 is 17.5 Å². The average Bonchev–Trinajstić information content (AvgIpc) is 2.62. The summed E-state index contributed by atoms with van der Waals surface area (Å²) in [6.07, 6.45) is 0. The number of Topliss-reactive ketones (excluding diaryl/α,β-unsaturated/α-hetero) is 1. The molecule has 136 valence electrons. The van der Waals surface area contributed by atoms with E-state index in [9.17, 15) is 19.7 Å². The van der Waals surface area contributed by atoms with Gasteiger partial charge in [0, 0.05) is 11.6 Å². The van der Waals surface area contributed by atoms with Crippen molar-refractivity contribution >= 4 is 17.4 Å². The summed E-state index contributed by atoms with van der Waals surface area (Å²) in [5.41, 5.74) is 4.93. The topological polar surface area (TPSA) is 86.5 Å². The fourth-order valence-corrected chi connectivity index (χ4v) is 3.00. The Morgan fingerprint density at radius 2 is 1.42 bits per heavy atom. The van der Waals surface area contributed by atoms with E-state index in [4.69, 9.17) is 4.74 Å². The summed E-state index contributed by atoms with van der Waals surface area (Å²) in [6, 6.07) is 5.50. The maximum atomic E-state index is 12.6. The first-order valence-corrected chi connectivity index (χ1v) is 8.17. The highest BCUT2D eigenvalue weighted by Gasteiger charge is 2.23. The van der Waals surface area contributed by atoms with E-state index in [1.165, 1.54) is 24.3 Å². The molecule has 0 aromatic heterocycles. The molecule has 0 atom stereocenters. The summed E-state index contributed by atoms with van der Waals surface area (Å²) >= 11 is 0. The van der Waals surface area contributed by atoms with Crippen LogP contribution >= 0.6 is 0 Å². The number of nitrogens with zero attached hydrogens (tertiary/aromatic N) is 1. The predicted octanol–water partition coefficient (Wildman–Crippen LogP) is 4.18. The van der Waals surface area contributed by atoms with Crippen LogP contribution in [0.5, 0.6) is 0 Å². The number of benzene rings is 2. The number of nitro groups is 1. The van der Waals surface area contributed by atoms with Crippen molar-refractivity contribution in [1.82, 2.24) is 0 Å². The van der Waals surface area contributed by atoms with Gasteiger partial charge in [0.15, 0.2) is 6.61 Å². The van der Waals surface area contributed by atoms with Gasteiger partial charge in [0.2, 0.25) is 5.78 Å². The maximum absolute atomic E-state index is 12.6. The molecule has 0 N–H and O–H groups in total. The number of esters is 1. The third-order valence-electron chi connectivity index (χ3n) is 4.93. The lowest BCUT2D eigenvalue weighted by atomic mass is 9.88. The Morgan fingerprint density at radius 3 is 1.96 bits per heavy atom. The molecule has 0 aliphatic heterocycles. The van der Waals surface area contributed by atoms with Crippen molar-refractivity contribution in [2.24, 2.45) is 0 Å². The lowest BCUT2D eigenvalue weighted by Crippen LogP contribution is -2.18. The van der Waals surface area contributed by atoms with Crippen molar-refractivity contribution in [3.8, 4) is 0 Å². The Morgan fingerprint density at radius 1 is 0.923 bits per heavy atom. The Hall–Kier alpha value is -3.02. The van der Waals surface area contributed by atoms with Gasteiger partial charge in [-0.2, -0.15) is 0 Å². The first kappa shape index (κ1) is 19.3. The number of rotatable bonds is 5. The molecule has 0 spiro atoms. The largest absolute Gasteiger partial charge is 0.454 e. The highest BCUT2D eigenvalue weighted by Crippen LogP contribution is 2.26. The zero-order valence-corrected chi connectivity index (χ0v) is 15.5. The summed E-state index contributed by atoms with van der Waals surface area (Å²) < 4.78 is 5.06. The van der Waals surface area contributed by atoms with Crippen LogP contribution in [0.1, 0.15) is 48.5 Å². The maximum Gasteiger partial charge on any atom is 0.345 e. The van der Waals surface area contributed by atoms with E-state index in [-0.39, 0.29) is 17.0 Å². The molecule has 0 fully saturated rings. The van der Waals surface area contributed by atoms with E-state index in [0.717, 1.165) is 27.8 Å². The standard InChI is InChI=1S/C20H21NO5/c1-11-12(2)14(4)19(15(5)13(11)3)18(22)10-26-20(23)16-8-6-7-9-17(16)21(24)25/h6-9H,10H2,1-5H3. The second-order valence-corrected chi connectivity index (χ2v) is 6.27. The molecule has 6 heteroatoms. The summed E-state index contributed by atoms with van der Waals surface area (Å²) in [6.45, 7) is 9.18.